The van der Waals surface area contributed by atoms with Gasteiger partial charge in [0.15, 0.2) is 0 Å². The minimum absolute atomic E-state index is 0.199. The second-order valence-electron chi connectivity index (χ2n) is 7.96. The fourth-order valence-corrected chi connectivity index (χ4v) is 4.10. The molecule has 170 valence electrons. The predicted molar refractivity (Wildman–Crippen MR) is 146 cm³/mol. The summed E-state index contributed by atoms with van der Waals surface area (Å²) in [6.45, 7) is 0. The van der Waals surface area contributed by atoms with E-state index in [9.17, 15) is 4.79 Å². The first-order valence-corrected chi connectivity index (χ1v) is 11.8. The van der Waals surface area contributed by atoms with E-state index in [-0.39, 0.29) is 5.91 Å². The minimum atomic E-state index is -0.199. The van der Waals surface area contributed by atoms with Gasteiger partial charge in [0.1, 0.15) is 5.84 Å². The number of benzene rings is 5. The number of amides is 1. The summed E-state index contributed by atoms with van der Waals surface area (Å²) in [7, 11) is 0. The van der Waals surface area contributed by atoms with Gasteiger partial charge in [-0.1, -0.05) is 83.9 Å². The summed E-state index contributed by atoms with van der Waals surface area (Å²) in [5.74, 6) is 0.294. The first kappa shape index (κ1) is 22.9. The number of carbonyl (C=O) groups is 1. The van der Waals surface area contributed by atoms with Crippen LogP contribution < -0.4 is 4.90 Å². The molecule has 0 aliphatic heterocycles. The summed E-state index contributed by atoms with van der Waals surface area (Å²) in [6, 6.07) is 37.7. The highest BCUT2D eigenvalue weighted by atomic mass is 35.5. The van der Waals surface area contributed by atoms with Crippen LogP contribution in [-0.4, -0.2) is 11.7 Å². The molecule has 0 saturated heterocycles. The van der Waals surface area contributed by atoms with Crippen molar-refractivity contribution in [1.82, 2.24) is 0 Å². The molecule has 0 aliphatic carbocycles. The van der Waals surface area contributed by atoms with Crippen LogP contribution in [0.4, 0.5) is 11.4 Å². The molecule has 0 aromatic heterocycles. The standard InChI is InChI=1S/C30H20Cl2N2O/c31-25-12-16-27(17-13-25)33-29(22-7-2-1-3-8-22)34(28-18-14-26(32)15-19-28)30(35)24-11-10-21-6-4-5-9-23(21)20-24/h1-20H. The molecular weight excluding hydrogens is 475 g/mol. The highest BCUT2D eigenvalue weighted by Gasteiger charge is 2.25. The van der Waals surface area contributed by atoms with Crippen molar-refractivity contribution in [2.24, 2.45) is 4.99 Å². The van der Waals surface area contributed by atoms with E-state index in [0.29, 0.717) is 32.8 Å². The Hall–Kier alpha value is -3.92. The van der Waals surface area contributed by atoms with E-state index < -0.39 is 0 Å². The number of nitrogens with zero attached hydrogens (tertiary/aromatic N) is 2. The number of hydrogen-bond acceptors (Lipinski definition) is 2. The van der Waals surface area contributed by atoms with E-state index in [2.05, 4.69) is 0 Å². The van der Waals surface area contributed by atoms with E-state index in [4.69, 9.17) is 28.2 Å². The third kappa shape index (κ3) is 5.12. The molecule has 0 unspecified atom stereocenters. The zero-order valence-electron chi connectivity index (χ0n) is 18.6. The summed E-state index contributed by atoms with van der Waals surface area (Å²) in [4.78, 5) is 20.7. The Morgan fingerprint density at radius 3 is 1.89 bits per heavy atom. The van der Waals surface area contributed by atoms with E-state index >= 15 is 0 Å². The molecule has 35 heavy (non-hydrogen) atoms. The molecule has 0 aliphatic rings. The van der Waals surface area contributed by atoms with Crippen molar-refractivity contribution < 1.29 is 4.79 Å². The lowest BCUT2D eigenvalue weighted by molar-refractivity contribution is 0.100. The smallest absolute Gasteiger partial charge is 0.264 e. The number of fused-ring (bicyclic) bond motifs is 1. The van der Waals surface area contributed by atoms with Crippen molar-refractivity contribution >= 4 is 57.1 Å². The normalized spacial score (nSPS) is 11.4. The van der Waals surface area contributed by atoms with Gasteiger partial charge in [0.25, 0.3) is 5.91 Å². The van der Waals surface area contributed by atoms with E-state index in [1.807, 2.05) is 97.1 Å². The van der Waals surface area contributed by atoms with Crippen LogP contribution in [0.1, 0.15) is 15.9 Å². The first-order valence-electron chi connectivity index (χ1n) is 11.1. The van der Waals surface area contributed by atoms with Gasteiger partial charge in [-0.25, -0.2) is 4.99 Å². The lowest BCUT2D eigenvalue weighted by atomic mass is 10.0. The molecular formula is C30H20Cl2N2O. The van der Waals surface area contributed by atoms with Crippen LogP contribution in [0.5, 0.6) is 0 Å². The van der Waals surface area contributed by atoms with Crippen LogP contribution in [0.2, 0.25) is 10.0 Å². The SMILES string of the molecule is O=C(c1ccc2ccccc2c1)N(C(=Nc1ccc(Cl)cc1)c1ccccc1)c1ccc(Cl)cc1. The van der Waals surface area contributed by atoms with Crippen LogP contribution in [0, 0.1) is 0 Å². The Morgan fingerprint density at radius 1 is 0.600 bits per heavy atom. The van der Waals surface area contributed by atoms with Gasteiger partial charge in [0, 0.05) is 21.2 Å². The maximum Gasteiger partial charge on any atom is 0.264 e. The van der Waals surface area contributed by atoms with Crippen LogP contribution in [0.3, 0.4) is 0 Å². The zero-order chi connectivity index (χ0) is 24.2. The Kier molecular flexibility index (Phi) is 6.62. The molecule has 5 rings (SSSR count). The number of amidine groups is 1. The lowest BCUT2D eigenvalue weighted by Crippen LogP contribution is -2.37. The topological polar surface area (TPSA) is 32.7 Å². The van der Waals surface area contributed by atoms with Crippen molar-refractivity contribution in [2.75, 3.05) is 4.90 Å². The summed E-state index contributed by atoms with van der Waals surface area (Å²) < 4.78 is 0. The van der Waals surface area contributed by atoms with E-state index in [1.54, 1.807) is 29.2 Å². The molecule has 5 aromatic carbocycles. The maximum absolute atomic E-state index is 14.1. The molecule has 0 N–H and O–H groups in total. The van der Waals surface area contributed by atoms with Crippen molar-refractivity contribution in [3.63, 3.8) is 0 Å². The molecule has 0 fully saturated rings. The number of rotatable bonds is 4. The fourth-order valence-electron chi connectivity index (χ4n) is 3.85. The van der Waals surface area contributed by atoms with Gasteiger partial charge in [-0.15, -0.1) is 0 Å². The zero-order valence-corrected chi connectivity index (χ0v) is 20.1. The Morgan fingerprint density at radius 2 is 1.20 bits per heavy atom. The van der Waals surface area contributed by atoms with E-state index in [0.717, 1.165) is 16.3 Å². The number of anilines is 1. The van der Waals surface area contributed by atoms with Gasteiger partial charge in [-0.2, -0.15) is 0 Å². The lowest BCUT2D eigenvalue weighted by Gasteiger charge is -2.25. The molecule has 0 saturated carbocycles. The monoisotopic (exact) mass is 494 g/mol. The number of halogens is 2. The first-order chi connectivity index (χ1) is 17.1. The van der Waals surface area contributed by atoms with E-state index in [1.165, 1.54) is 0 Å². The minimum Gasteiger partial charge on any atom is -0.268 e. The van der Waals surface area contributed by atoms with Crippen molar-refractivity contribution in [2.45, 2.75) is 0 Å². The molecule has 5 aromatic rings. The van der Waals surface area contributed by atoms with Gasteiger partial charge in [-0.05, 0) is 71.4 Å². The molecule has 0 spiro atoms. The van der Waals surface area contributed by atoms with Crippen molar-refractivity contribution in [1.29, 1.82) is 0 Å². The van der Waals surface area contributed by atoms with Crippen LogP contribution in [0.25, 0.3) is 10.8 Å². The summed E-state index contributed by atoms with van der Waals surface area (Å²) in [5, 5.41) is 3.26. The molecule has 0 radical (unpaired) electrons. The molecule has 0 heterocycles. The van der Waals surface area contributed by atoms with Gasteiger partial charge in [-0.3, -0.25) is 9.69 Å². The van der Waals surface area contributed by atoms with Gasteiger partial charge < -0.3 is 0 Å². The Labute approximate surface area is 213 Å². The number of carbonyl (C=O) groups excluding carboxylic acids is 1. The fraction of sp³-hybridized carbons (Fsp3) is 0. The molecule has 0 atom stereocenters. The van der Waals surface area contributed by atoms with Gasteiger partial charge in [0.2, 0.25) is 0 Å². The maximum atomic E-state index is 14.1. The number of hydrogen-bond donors (Lipinski definition) is 0. The second-order valence-corrected chi connectivity index (χ2v) is 8.83. The number of aliphatic imine (C=N–C) groups is 1. The van der Waals surface area contributed by atoms with Gasteiger partial charge in [0.05, 0.1) is 11.4 Å². The molecule has 5 heteroatoms. The second kappa shape index (κ2) is 10.1. The van der Waals surface area contributed by atoms with Crippen LogP contribution in [0.15, 0.2) is 126 Å². The third-order valence-corrected chi connectivity index (χ3v) is 6.09. The average Bonchev–Trinajstić information content (AvgIpc) is 2.90. The molecule has 3 nitrogen and oxygen atoms in total. The predicted octanol–water partition coefficient (Wildman–Crippen LogP) is 8.57. The molecule has 1 amide bonds. The van der Waals surface area contributed by atoms with Crippen molar-refractivity contribution in [3.8, 4) is 0 Å². The highest BCUT2D eigenvalue weighted by Crippen LogP contribution is 2.27. The Balaban J connectivity index is 1.70. The largest absolute Gasteiger partial charge is 0.268 e. The van der Waals surface area contributed by atoms with Crippen LogP contribution >= 0.6 is 23.2 Å². The third-order valence-electron chi connectivity index (χ3n) is 5.59. The van der Waals surface area contributed by atoms with Gasteiger partial charge >= 0.3 is 0 Å². The average molecular weight is 495 g/mol. The molecule has 0 bridgehead atoms. The summed E-state index contributed by atoms with van der Waals surface area (Å²) in [6.07, 6.45) is 0. The van der Waals surface area contributed by atoms with Crippen LogP contribution in [-0.2, 0) is 0 Å². The highest BCUT2D eigenvalue weighted by molar-refractivity contribution is 6.31. The van der Waals surface area contributed by atoms with Crippen molar-refractivity contribution in [3.05, 3.63) is 142 Å². The quantitative estimate of drug-likeness (QED) is 0.182. The Bertz CT molecular complexity index is 1510. The summed E-state index contributed by atoms with van der Waals surface area (Å²) in [5.41, 5.74) is 2.69. The summed E-state index contributed by atoms with van der Waals surface area (Å²) >= 11 is 12.3.